The average molecular weight is 213 g/mol. The minimum absolute atomic E-state index is 0.146. The largest absolute Gasteiger partial charge is 0.277 e. The molecule has 0 radical (unpaired) electrons. The van der Waals surface area contributed by atoms with Gasteiger partial charge in [0.25, 0.3) is 5.69 Å². The maximum absolute atomic E-state index is 10.9. The van der Waals surface area contributed by atoms with Gasteiger partial charge in [-0.1, -0.05) is 42.0 Å². The predicted molar refractivity (Wildman–Crippen MR) is 63.3 cm³/mol. The molecule has 0 saturated carbocycles. The molecule has 2 aromatic carbocycles. The summed E-state index contributed by atoms with van der Waals surface area (Å²) in [4.78, 5) is 10.5. The Morgan fingerprint density at radius 3 is 2.50 bits per heavy atom. The fourth-order valence-corrected chi connectivity index (χ4v) is 1.69. The van der Waals surface area contributed by atoms with E-state index in [9.17, 15) is 10.1 Å². The van der Waals surface area contributed by atoms with E-state index in [1.165, 1.54) is 6.07 Å². The van der Waals surface area contributed by atoms with E-state index in [2.05, 4.69) is 0 Å². The third kappa shape index (κ3) is 1.93. The van der Waals surface area contributed by atoms with Crippen molar-refractivity contribution in [3.63, 3.8) is 0 Å². The average Bonchev–Trinajstić information content (AvgIpc) is 2.29. The first-order chi connectivity index (χ1) is 7.68. The lowest BCUT2D eigenvalue weighted by Gasteiger charge is -2.03. The third-order valence-electron chi connectivity index (χ3n) is 2.43. The van der Waals surface area contributed by atoms with Crippen molar-refractivity contribution in [2.45, 2.75) is 6.92 Å². The van der Waals surface area contributed by atoms with Crippen molar-refractivity contribution in [2.75, 3.05) is 0 Å². The molecule has 80 valence electrons. The molecular formula is C13H11NO2. The number of hydrogen-bond donors (Lipinski definition) is 0. The molecule has 0 bridgehead atoms. The van der Waals surface area contributed by atoms with E-state index < -0.39 is 0 Å². The van der Waals surface area contributed by atoms with Crippen LogP contribution >= 0.6 is 0 Å². The van der Waals surface area contributed by atoms with Gasteiger partial charge in [-0.25, -0.2) is 0 Å². The van der Waals surface area contributed by atoms with Gasteiger partial charge in [0.1, 0.15) is 0 Å². The number of para-hydroxylation sites is 1. The molecule has 0 atom stereocenters. The second-order valence-corrected chi connectivity index (χ2v) is 3.64. The van der Waals surface area contributed by atoms with E-state index in [1.807, 2.05) is 37.3 Å². The molecule has 0 heterocycles. The van der Waals surface area contributed by atoms with Crippen LogP contribution in [-0.4, -0.2) is 4.92 Å². The molecule has 0 aliphatic rings. The molecule has 0 fully saturated rings. The van der Waals surface area contributed by atoms with Crippen LogP contribution in [0.4, 0.5) is 5.69 Å². The highest BCUT2D eigenvalue weighted by Gasteiger charge is 2.13. The highest BCUT2D eigenvalue weighted by Crippen LogP contribution is 2.29. The first-order valence-corrected chi connectivity index (χ1v) is 4.99. The Morgan fingerprint density at radius 1 is 1.06 bits per heavy atom. The number of nitro benzene ring substituents is 1. The van der Waals surface area contributed by atoms with Gasteiger partial charge in [-0.3, -0.25) is 10.1 Å². The summed E-state index contributed by atoms with van der Waals surface area (Å²) in [6, 6.07) is 14.5. The molecule has 0 aliphatic carbocycles. The summed E-state index contributed by atoms with van der Waals surface area (Å²) in [5.41, 5.74) is 2.78. The van der Waals surface area contributed by atoms with Crippen molar-refractivity contribution in [2.24, 2.45) is 0 Å². The van der Waals surface area contributed by atoms with Crippen LogP contribution in [0.15, 0.2) is 48.5 Å². The molecule has 0 saturated heterocycles. The van der Waals surface area contributed by atoms with E-state index in [4.69, 9.17) is 0 Å². The monoisotopic (exact) mass is 213 g/mol. The molecule has 0 amide bonds. The van der Waals surface area contributed by atoms with Crippen molar-refractivity contribution in [1.29, 1.82) is 0 Å². The van der Waals surface area contributed by atoms with Crippen molar-refractivity contribution in [3.8, 4) is 11.1 Å². The zero-order valence-corrected chi connectivity index (χ0v) is 8.88. The number of nitro groups is 1. The van der Waals surface area contributed by atoms with Gasteiger partial charge in [0.15, 0.2) is 0 Å². The predicted octanol–water partition coefficient (Wildman–Crippen LogP) is 3.57. The molecule has 0 aromatic heterocycles. The normalized spacial score (nSPS) is 10.1. The Labute approximate surface area is 93.5 Å². The van der Waals surface area contributed by atoms with Crippen molar-refractivity contribution in [3.05, 3.63) is 64.2 Å². The number of rotatable bonds is 2. The Hall–Kier alpha value is -2.16. The van der Waals surface area contributed by atoms with Gasteiger partial charge in [-0.15, -0.1) is 0 Å². The van der Waals surface area contributed by atoms with Crippen LogP contribution in [0.1, 0.15) is 5.56 Å². The third-order valence-corrected chi connectivity index (χ3v) is 2.43. The number of hydrogen-bond acceptors (Lipinski definition) is 2. The van der Waals surface area contributed by atoms with Gasteiger partial charge in [-0.05, 0) is 18.6 Å². The van der Waals surface area contributed by atoms with Crippen LogP contribution < -0.4 is 0 Å². The topological polar surface area (TPSA) is 43.1 Å². The SMILES string of the molecule is Cc1cccc(-c2ccccc2[N+](=O)[O-])c1. The van der Waals surface area contributed by atoms with E-state index in [1.54, 1.807) is 12.1 Å². The summed E-state index contributed by atoms with van der Waals surface area (Å²) in [5, 5.41) is 10.9. The van der Waals surface area contributed by atoms with Crippen molar-refractivity contribution >= 4 is 5.69 Å². The highest BCUT2D eigenvalue weighted by molar-refractivity contribution is 5.73. The zero-order chi connectivity index (χ0) is 11.5. The number of nitrogens with zero attached hydrogens (tertiary/aromatic N) is 1. The molecule has 16 heavy (non-hydrogen) atoms. The zero-order valence-electron chi connectivity index (χ0n) is 8.88. The van der Waals surface area contributed by atoms with E-state index in [0.717, 1.165) is 11.1 Å². The summed E-state index contributed by atoms with van der Waals surface area (Å²) >= 11 is 0. The Kier molecular flexibility index (Phi) is 2.68. The van der Waals surface area contributed by atoms with Crippen LogP contribution in [0.25, 0.3) is 11.1 Å². The summed E-state index contributed by atoms with van der Waals surface area (Å²) in [7, 11) is 0. The minimum atomic E-state index is -0.350. The van der Waals surface area contributed by atoms with E-state index in [0.29, 0.717) is 5.56 Å². The van der Waals surface area contributed by atoms with Crippen LogP contribution in [-0.2, 0) is 0 Å². The Morgan fingerprint density at radius 2 is 1.81 bits per heavy atom. The van der Waals surface area contributed by atoms with Crippen molar-refractivity contribution in [1.82, 2.24) is 0 Å². The molecule has 0 unspecified atom stereocenters. The van der Waals surface area contributed by atoms with Crippen molar-refractivity contribution < 1.29 is 4.92 Å². The van der Waals surface area contributed by atoms with Crippen LogP contribution in [0, 0.1) is 17.0 Å². The molecule has 3 heteroatoms. The van der Waals surface area contributed by atoms with Gasteiger partial charge in [-0.2, -0.15) is 0 Å². The van der Waals surface area contributed by atoms with Gasteiger partial charge >= 0.3 is 0 Å². The summed E-state index contributed by atoms with van der Waals surface area (Å²) in [6.45, 7) is 1.97. The van der Waals surface area contributed by atoms with Gasteiger partial charge in [0.05, 0.1) is 10.5 Å². The van der Waals surface area contributed by atoms with Gasteiger partial charge in [0, 0.05) is 6.07 Å². The summed E-state index contributed by atoms with van der Waals surface area (Å²) < 4.78 is 0. The Balaban J connectivity index is 2.60. The second kappa shape index (κ2) is 4.14. The lowest BCUT2D eigenvalue weighted by Crippen LogP contribution is -1.91. The number of benzene rings is 2. The maximum atomic E-state index is 10.9. The first-order valence-electron chi connectivity index (χ1n) is 4.99. The maximum Gasteiger partial charge on any atom is 0.277 e. The summed E-state index contributed by atoms with van der Waals surface area (Å²) in [6.07, 6.45) is 0. The van der Waals surface area contributed by atoms with Crippen LogP contribution in [0.2, 0.25) is 0 Å². The van der Waals surface area contributed by atoms with Crippen LogP contribution in [0.5, 0.6) is 0 Å². The van der Waals surface area contributed by atoms with Gasteiger partial charge in [0.2, 0.25) is 0 Å². The minimum Gasteiger partial charge on any atom is -0.258 e. The first kappa shape index (κ1) is 10.4. The quantitative estimate of drug-likeness (QED) is 0.565. The Bertz CT molecular complexity index is 535. The second-order valence-electron chi connectivity index (χ2n) is 3.64. The summed E-state index contributed by atoms with van der Waals surface area (Å²) in [5.74, 6) is 0. The van der Waals surface area contributed by atoms with Crippen LogP contribution in [0.3, 0.4) is 0 Å². The molecule has 2 rings (SSSR count). The molecule has 0 N–H and O–H groups in total. The van der Waals surface area contributed by atoms with E-state index in [-0.39, 0.29) is 10.6 Å². The van der Waals surface area contributed by atoms with E-state index >= 15 is 0 Å². The fourth-order valence-electron chi connectivity index (χ4n) is 1.69. The molecule has 0 aliphatic heterocycles. The standard InChI is InChI=1S/C13H11NO2/c1-10-5-4-6-11(9-10)12-7-2-3-8-13(12)14(15)16/h2-9H,1H3. The lowest BCUT2D eigenvalue weighted by atomic mass is 10.0. The fraction of sp³-hybridized carbons (Fsp3) is 0.0769. The highest BCUT2D eigenvalue weighted by atomic mass is 16.6. The van der Waals surface area contributed by atoms with Gasteiger partial charge < -0.3 is 0 Å². The smallest absolute Gasteiger partial charge is 0.258 e. The molecular weight excluding hydrogens is 202 g/mol. The molecule has 0 spiro atoms. The molecule has 3 nitrogen and oxygen atoms in total. The lowest BCUT2D eigenvalue weighted by molar-refractivity contribution is -0.384. The molecule has 2 aromatic rings. The number of aryl methyl sites for hydroxylation is 1.